The number of hydrogen-bond acceptors (Lipinski definition) is 10. The number of rotatable bonds is 7. The highest BCUT2D eigenvalue weighted by Crippen LogP contribution is 2.35. The molecule has 1 atom stereocenters. The number of fused-ring (bicyclic) bond motifs is 1. The Kier molecular flexibility index (Phi) is 7.45. The molecule has 0 spiro atoms. The van der Waals surface area contributed by atoms with Gasteiger partial charge in [0, 0.05) is 11.6 Å². The molecule has 0 unspecified atom stereocenters. The number of nitro benzene ring substituents is 2. The number of nitro groups is 2. The normalized spacial score (nSPS) is 15.2. The molecule has 0 aliphatic carbocycles. The van der Waals surface area contributed by atoms with Gasteiger partial charge in [-0.3, -0.25) is 29.6 Å². The van der Waals surface area contributed by atoms with E-state index >= 15 is 0 Å². The molecular weight excluding hydrogens is 528 g/mol. The van der Waals surface area contributed by atoms with Crippen LogP contribution in [-0.4, -0.2) is 32.1 Å². The monoisotopic (exact) mass is 552 g/mol. The number of ether oxygens (including phenoxy) is 1. The lowest BCUT2D eigenvalue weighted by molar-refractivity contribution is -0.394. The van der Waals surface area contributed by atoms with Crippen molar-refractivity contribution >= 4 is 34.8 Å². The zero-order valence-electron chi connectivity index (χ0n) is 21.4. The zero-order valence-corrected chi connectivity index (χ0v) is 22.2. The van der Waals surface area contributed by atoms with Crippen LogP contribution in [0.3, 0.4) is 0 Å². The molecule has 39 heavy (non-hydrogen) atoms. The van der Waals surface area contributed by atoms with Crippen LogP contribution in [-0.2, 0) is 9.53 Å². The van der Waals surface area contributed by atoms with Crippen LogP contribution in [0.5, 0.6) is 5.75 Å². The molecule has 3 aromatic rings. The number of phenols is 1. The minimum atomic E-state index is -0.947. The number of thiazole rings is 1. The fourth-order valence-corrected chi connectivity index (χ4v) is 5.33. The second kappa shape index (κ2) is 10.6. The molecule has 202 valence electrons. The van der Waals surface area contributed by atoms with E-state index in [1.54, 1.807) is 13.8 Å². The van der Waals surface area contributed by atoms with Crippen LogP contribution in [0.25, 0.3) is 6.08 Å². The number of esters is 1. The summed E-state index contributed by atoms with van der Waals surface area (Å²) in [5.74, 6) is -1.19. The van der Waals surface area contributed by atoms with Crippen LogP contribution < -0.4 is 14.9 Å². The number of phenolic OH excluding ortho intramolecular Hbond substituents is 1. The van der Waals surface area contributed by atoms with E-state index in [9.17, 15) is 34.9 Å². The highest BCUT2D eigenvalue weighted by atomic mass is 32.1. The third kappa shape index (κ3) is 5.08. The summed E-state index contributed by atoms with van der Waals surface area (Å²) in [6.07, 6.45) is 1.14. The summed E-state index contributed by atoms with van der Waals surface area (Å²) in [4.78, 5) is 52.3. The number of carbonyl (C=O) groups excluding carboxylic acids is 1. The van der Waals surface area contributed by atoms with Crippen LogP contribution >= 0.6 is 11.3 Å². The maximum absolute atomic E-state index is 13.7. The van der Waals surface area contributed by atoms with Gasteiger partial charge in [0.1, 0.15) is 0 Å². The standard InChI is InChI=1S/C26H24N4O8S/c1-5-38-25(33)21-14(4)27-26-28(22(21)16-8-6-15(7-9-16)13(2)3)24(32)20(39-26)11-17-10-18(29(34)35)12-19(23(17)31)30(36)37/h6-13,22,31H,5H2,1-4H3/b20-11-/t22-/m1/s1. The number of aromatic hydroxyl groups is 1. The molecule has 2 heterocycles. The number of benzene rings is 2. The predicted molar refractivity (Wildman–Crippen MR) is 142 cm³/mol. The summed E-state index contributed by atoms with van der Waals surface area (Å²) in [7, 11) is 0. The van der Waals surface area contributed by atoms with Gasteiger partial charge in [0.2, 0.25) is 5.75 Å². The highest BCUT2D eigenvalue weighted by molar-refractivity contribution is 7.07. The first kappa shape index (κ1) is 27.4. The number of nitrogens with zero attached hydrogens (tertiary/aromatic N) is 4. The van der Waals surface area contributed by atoms with E-state index in [-0.39, 0.29) is 33.0 Å². The van der Waals surface area contributed by atoms with Crippen molar-refractivity contribution in [1.29, 1.82) is 0 Å². The lowest BCUT2D eigenvalue weighted by Crippen LogP contribution is -2.39. The topological polar surface area (TPSA) is 167 Å². The van der Waals surface area contributed by atoms with Gasteiger partial charge in [0.15, 0.2) is 4.80 Å². The van der Waals surface area contributed by atoms with Crippen LogP contribution in [0.2, 0.25) is 0 Å². The van der Waals surface area contributed by atoms with Crippen LogP contribution in [0, 0.1) is 20.2 Å². The van der Waals surface area contributed by atoms with Gasteiger partial charge >= 0.3 is 11.7 Å². The van der Waals surface area contributed by atoms with Crippen molar-refractivity contribution in [2.24, 2.45) is 4.99 Å². The molecule has 0 saturated heterocycles. The Labute approximate surface area is 225 Å². The molecule has 0 fully saturated rings. The summed E-state index contributed by atoms with van der Waals surface area (Å²) in [6.45, 7) is 7.50. The summed E-state index contributed by atoms with van der Waals surface area (Å²) in [6, 6.07) is 8.18. The van der Waals surface area contributed by atoms with Gasteiger partial charge in [0.25, 0.3) is 11.2 Å². The van der Waals surface area contributed by atoms with Crippen molar-refractivity contribution in [3.05, 3.63) is 104 Å². The second-order valence-electron chi connectivity index (χ2n) is 9.04. The van der Waals surface area contributed by atoms with Gasteiger partial charge in [-0.15, -0.1) is 0 Å². The average molecular weight is 553 g/mol. The molecule has 0 amide bonds. The van der Waals surface area contributed by atoms with Gasteiger partial charge < -0.3 is 9.84 Å². The SMILES string of the molecule is CCOC(=O)C1=C(C)N=c2s/c(=C\c3cc([N+](=O)[O-])cc([N+](=O)[O-])c3O)c(=O)n2[C@@H]1c1ccc(C(C)C)cc1. The summed E-state index contributed by atoms with van der Waals surface area (Å²) < 4.78 is 6.60. The van der Waals surface area contributed by atoms with Crippen LogP contribution in [0.1, 0.15) is 56.3 Å². The minimum Gasteiger partial charge on any atom is -0.502 e. The molecule has 0 radical (unpaired) electrons. The smallest absolute Gasteiger partial charge is 0.338 e. The minimum absolute atomic E-state index is 0.000514. The van der Waals surface area contributed by atoms with Gasteiger partial charge in [-0.1, -0.05) is 49.4 Å². The maximum Gasteiger partial charge on any atom is 0.338 e. The van der Waals surface area contributed by atoms with E-state index in [4.69, 9.17) is 4.74 Å². The lowest BCUT2D eigenvalue weighted by atomic mass is 9.93. The molecule has 1 N–H and O–H groups in total. The first-order chi connectivity index (χ1) is 18.4. The summed E-state index contributed by atoms with van der Waals surface area (Å²) in [5, 5.41) is 33.1. The molecule has 12 nitrogen and oxygen atoms in total. The summed E-state index contributed by atoms with van der Waals surface area (Å²) in [5.41, 5.74) is -0.130. The Bertz CT molecular complexity index is 1720. The molecule has 1 aromatic heterocycles. The zero-order chi connectivity index (χ0) is 28.6. The Morgan fingerprint density at radius 2 is 1.87 bits per heavy atom. The number of carbonyl (C=O) groups is 1. The van der Waals surface area contributed by atoms with Crippen LogP contribution in [0.15, 0.2) is 57.5 Å². The van der Waals surface area contributed by atoms with Crippen molar-refractivity contribution in [2.75, 3.05) is 6.61 Å². The molecule has 13 heteroatoms. The molecule has 0 bridgehead atoms. The third-order valence-corrected chi connectivity index (χ3v) is 7.22. The molecule has 0 saturated carbocycles. The van der Waals surface area contributed by atoms with Crippen molar-refractivity contribution in [3.8, 4) is 5.75 Å². The van der Waals surface area contributed by atoms with E-state index in [0.29, 0.717) is 17.3 Å². The van der Waals surface area contributed by atoms with E-state index in [1.807, 2.05) is 38.1 Å². The van der Waals surface area contributed by atoms with E-state index in [0.717, 1.165) is 29.0 Å². The first-order valence-corrected chi connectivity index (χ1v) is 12.7. The molecule has 2 aromatic carbocycles. The third-order valence-electron chi connectivity index (χ3n) is 6.23. The fourth-order valence-electron chi connectivity index (χ4n) is 4.29. The average Bonchev–Trinajstić information content (AvgIpc) is 3.18. The van der Waals surface area contributed by atoms with Crippen molar-refractivity contribution in [1.82, 2.24) is 4.57 Å². The number of aromatic nitrogens is 1. The van der Waals surface area contributed by atoms with Gasteiger partial charge in [-0.2, -0.15) is 0 Å². The molecule has 1 aliphatic rings. The summed E-state index contributed by atoms with van der Waals surface area (Å²) >= 11 is 0.922. The van der Waals surface area contributed by atoms with Gasteiger partial charge in [-0.05, 0) is 37.0 Å². The number of allylic oxidation sites excluding steroid dienone is 1. The fraction of sp³-hybridized carbons (Fsp3) is 0.269. The second-order valence-corrected chi connectivity index (χ2v) is 10.0. The quantitative estimate of drug-likeness (QED) is 0.264. The Balaban J connectivity index is 1.98. The predicted octanol–water partition coefficient (Wildman–Crippen LogP) is 3.44. The van der Waals surface area contributed by atoms with E-state index in [1.165, 1.54) is 4.57 Å². The maximum atomic E-state index is 13.7. The lowest BCUT2D eigenvalue weighted by Gasteiger charge is -2.25. The van der Waals surface area contributed by atoms with Crippen molar-refractivity contribution in [3.63, 3.8) is 0 Å². The molecule has 4 rings (SSSR count). The molecule has 1 aliphatic heterocycles. The van der Waals surface area contributed by atoms with Gasteiger partial charge in [-0.25, -0.2) is 9.79 Å². The Hall–Kier alpha value is -4.65. The number of hydrogen-bond donors (Lipinski definition) is 1. The largest absolute Gasteiger partial charge is 0.502 e. The molecular formula is C26H24N4O8S. The van der Waals surface area contributed by atoms with E-state index in [2.05, 4.69) is 4.99 Å². The Morgan fingerprint density at radius 1 is 1.21 bits per heavy atom. The van der Waals surface area contributed by atoms with Gasteiger partial charge in [0.05, 0.1) is 44.4 Å². The first-order valence-electron chi connectivity index (χ1n) is 11.9. The van der Waals surface area contributed by atoms with Crippen molar-refractivity contribution in [2.45, 2.75) is 39.7 Å². The van der Waals surface area contributed by atoms with Crippen LogP contribution in [0.4, 0.5) is 11.4 Å². The van der Waals surface area contributed by atoms with E-state index < -0.39 is 44.5 Å². The Morgan fingerprint density at radius 3 is 2.44 bits per heavy atom. The number of non-ortho nitro benzene ring substituents is 1. The van der Waals surface area contributed by atoms with Crippen molar-refractivity contribution < 1.29 is 24.5 Å². The highest BCUT2D eigenvalue weighted by Gasteiger charge is 2.33.